The van der Waals surface area contributed by atoms with Crippen LogP contribution in [0.3, 0.4) is 0 Å². The van der Waals surface area contributed by atoms with Gasteiger partial charge in [0.1, 0.15) is 13.1 Å². The molecule has 0 saturated carbocycles. The van der Waals surface area contributed by atoms with E-state index in [9.17, 15) is 18.0 Å². The number of alkyl halides is 3. The van der Waals surface area contributed by atoms with Crippen molar-refractivity contribution in [3.05, 3.63) is 35.9 Å². The highest BCUT2D eigenvalue weighted by molar-refractivity contribution is 6.00. The first-order chi connectivity index (χ1) is 14.4. The Hall–Kier alpha value is -1.44. The third-order valence-corrected chi connectivity index (χ3v) is 6.54. The first-order valence-electron chi connectivity index (χ1n) is 11.5. The summed E-state index contributed by atoms with van der Waals surface area (Å²) in [5.41, 5.74) is -0.329. The molecular weight excluding hydrogens is 391 g/mol. The third-order valence-electron chi connectivity index (χ3n) is 6.54. The van der Waals surface area contributed by atoms with Gasteiger partial charge in [-0.15, -0.1) is 10.0 Å². The van der Waals surface area contributed by atoms with Crippen LogP contribution in [0.1, 0.15) is 68.1 Å². The van der Waals surface area contributed by atoms with Gasteiger partial charge in [0.05, 0.1) is 0 Å². The molecule has 1 aromatic carbocycles. The van der Waals surface area contributed by atoms with Crippen molar-refractivity contribution in [2.24, 2.45) is 0 Å². The Morgan fingerprint density at radius 1 is 0.700 bits per heavy atom. The van der Waals surface area contributed by atoms with Gasteiger partial charge in [0.15, 0.2) is 0 Å². The number of halogens is 3. The minimum absolute atomic E-state index is 0.329. The van der Waals surface area contributed by atoms with E-state index in [0.29, 0.717) is 0 Å². The highest BCUT2D eigenvalue weighted by Crippen LogP contribution is 2.30. The molecule has 168 valence electrons. The molecule has 0 bridgehead atoms. The summed E-state index contributed by atoms with van der Waals surface area (Å²) in [6, 6.07) is 6.59. The first kappa shape index (κ1) is 23.2. The average molecular weight is 427 g/mol. The largest absolute Gasteiger partial charge is 0.454 e. The van der Waals surface area contributed by atoms with Gasteiger partial charge in [-0.05, 0) is 32.1 Å². The average Bonchev–Trinajstić information content (AvgIpc) is 2.80. The van der Waals surface area contributed by atoms with E-state index >= 15 is 0 Å². The van der Waals surface area contributed by atoms with Gasteiger partial charge in [0.2, 0.25) is 0 Å². The van der Waals surface area contributed by atoms with E-state index in [-0.39, 0.29) is 5.56 Å². The van der Waals surface area contributed by atoms with E-state index in [2.05, 4.69) is 10.0 Å². The standard InChI is InChI=1S/C15H30N3.C8H5F3O/c1-4-10-16(11-5-1)18(14-8-3-9-15-18)17-12-6-2-7-13-17;9-8(10,11)7(12)6-4-2-1-3-5-6/h1-15H2;1-5H/q+1;. The summed E-state index contributed by atoms with van der Waals surface area (Å²) in [5.74, 6) is -1.80. The van der Waals surface area contributed by atoms with Gasteiger partial charge in [-0.2, -0.15) is 17.9 Å². The molecule has 3 saturated heterocycles. The van der Waals surface area contributed by atoms with Crippen LogP contribution in [0.5, 0.6) is 0 Å². The second-order valence-electron chi connectivity index (χ2n) is 8.61. The fourth-order valence-corrected chi connectivity index (χ4v) is 5.02. The number of hydrogen-bond acceptors (Lipinski definition) is 3. The second kappa shape index (κ2) is 10.7. The van der Waals surface area contributed by atoms with E-state index in [4.69, 9.17) is 0 Å². The van der Waals surface area contributed by atoms with Crippen molar-refractivity contribution in [2.45, 2.75) is 64.0 Å². The van der Waals surface area contributed by atoms with Crippen LogP contribution >= 0.6 is 0 Å². The van der Waals surface area contributed by atoms with Crippen LogP contribution in [0.4, 0.5) is 13.2 Å². The maximum absolute atomic E-state index is 11.8. The molecule has 0 unspecified atom stereocenters. The van der Waals surface area contributed by atoms with E-state index < -0.39 is 12.0 Å². The van der Waals surface area contributed by atoms with Gasteiger partial charge in [-0.3, -0.25) is 4.79 Å². The third kappa shape index (κ3) is 5.83. The Bertz CT molecular complexity index is 627. The Kier molecular flexibility index (Phi) is 8.31. The summed E-state index contributed by atoms with van der Waals surface area (Å²) in [6.45, 7) is 8.15. The molecule has 1 aromatic rings. The summed E-state index contributed by atoms with van der Waals surface area (Å²) in [7, 11) is 0. The number of nitrogens with zero attached hydrogens (tertiary/aromatic N) is 3. The van der Waals surface area contributed by atoms with Crippen molar-refractivity contribution >= 4 is 5.78 Å². The number of rotatable bonds is 3. The van der Waals surface area contributed by atoms with Crippen molar-refractivity contribution in [1.29, 1.82) is 0 Å². The van der Waals surface area contributed by atoms with Crippen LogP contribution in [-0.2, 0) is 0 Å². The molecule has 0 amide bonds. The van der Waals surface area contributed by atoms with Crippen LogP contribution in [0.15, 0.2) is 30.3 Å². The molecule has 7 heteroatoms. The second-order valence-corrected chi connectivity index (χ2v) is 8.61. The molecule has 0 radical (unpaired) electrons. The first-order valence-corrected chi connectivity index (χ1v) is 11.5. The SMILES string of the molecule is C1CCN([N+]2(N3CCCCC3)CCCCC2)CC1.O=C(c1ccccc1)C(F)(F)F. The van der Waals surface area contributed by atoms with Crippen LogP contribution in [0.2, 0.25) is 0 Å². The number of carbonyl (C=O) groups excluding carboxylic acids is 1. The zero-order chi connectivity index (χ0) is 21.5. The number of quaternary nitrogens is 1. The molecule has 0 N–H and O–H groups in total. The monoisotopic (exact) mass is 426 g/mol. The van der Waals surface area contributed by atoms with Gasteiger partial charge in [0, 0.05) is 44.6 Å². The Morgan fingerprint density at radius 2 is 1.13 bits per heavy atom. The van der Waals surface area contributed by atoms with Crippen molar-refractivity contribution < 1.29 is 22.7 Å². The van der Waals surface area contributed by atoms with Crippen LogP contribution in [0.25, 0.3) is 0 Å². The highest BCUT2D eigenvalue weighted by atomic mass is 19.4. The molecule has 30 heavy (non-hydrogen) atoms. The summed E-state index contributed by atoms with van der Waals surface area (Å²) < 4.78 is 36.6. The Morgan fingerprint density at radius 3 is 1.57 bits per heavy atom. The smallest absolute Gasteiger partial charge is 0.284 e. The number of benzene rings is 1. The van der Waals surface area contributed by atoms with E-state index in [1.54, 1.807) is 6.07 Å². The summed E-state index contributed by atoms with van der Waals surface area (Å²) in [6.07, 6.45) is 8.17. The van der Waals surface area contributed by atoms with Crippen molar-refractivity contribution in [3.63, 3.8) is 0 Å². The van der Waals surface area contributed by atoms with Crippen molar-refractivity contribution in [1.82, 2.24) is 10.0 Å². The summed E-state index contributed by atoms with van der Waals surface area (Å²) in [4.78, 5) is 10.5. The molecule has 4 rings (SSSR count). The van der Waals surface area contributed by atoms with Gasteiger partial charge in [-0.1, -0.05) is 43.2 Å². The van der Waals surface area contributed by atoms with E-state index in [1.165, 1.54) is 114 Å². The number of ketones is 1. The summed E-state index contributed by atoms with van der Waals surface area (Å²) in [5, 5.41) is 5.65. The summed E-state index contributed by atoms with van der Waals surface area (Å²) >= 11 is 0. The number of piperidine rings is 3. The lowest BCUT2D eigenvalue weighted by Crippen LogP contribution is -2.72. The molecule has 0 spiro atoms. The van der Waals surface area contributed by atoms with Crippen LogP contribution in [-0.4, -0.2) is 65.9 Å². The lowest BCUT2D eigenvalue weighted by Gasteiger charge is -2.54. The Balaban J connectivity index is 0.000000187. The predicted molar refractivity (Wildman–Crippen MR) is 112 cm³/mol. The fraction of sp³-hybridized carbons (Fsp3) is 0.696. The number of Topliss-reactive ketones (excluding diaryl/α,β-unsaturated/α-hetero) is 1. The minimum atomic E-state index is -4.78. The van der Waals surface area contributed by atoms with E-state index in [1.807, 2.05) is 0 Å². The molecule has 0 aromatic heterocycles. The van der Waals surface area contributed by atoms with Gasteiger partial charge in [0.25, 0.3) is 5.78 Å². The minimum Gasteiger partial charge on any atom is -0.284 e. The van der Waals surface area contributed by atoms with Crippen molar-refractivity contribution in [3.8, 4) is 0 Å². The molecule has 0 atom stereocenters. The highest BCUT2D eigenvalue weighted by Gasteiger charge is 2.44. The van der Waals surface area contributed by atoms with Gasteiger partial charge < -0.3 is 0 Å². The lowest BCUT2D eigenvalue weighted by molar-refractivity contribution is -1.13. The van der Waals surface area contributed by atoms with Crippen LogP contribution in [0, 0.1) is 0 Å². The Labute approximate surface area is 178 Å². The molecule has 0 aliphatic carbocycles. The molecule has 3 heterocycles. The molecule has 3 aliphatic heterocycles. The fourth-order valence-electron chi connectivity index (χ4n) is 5.02. The van der Waals surface area contributed by atoms with E-state index in [0.717, 1.165) is 12.1 Å². The molecular formula is C23H35F3N3O+. The van der Waals surface area contributed by atoms with Gasteiger partial charge >= 0.3 is 6.18 Å². The molecule has 3 fully saturated rings. The molecule has 3 aliphatic rings. The number of hydrogen-bond donors (Lipinski definition) is 0. The topological polar surface area (TPSA) is 23.6 Å². The number of carbonyl (C=O) groups is 1. The zero-order valence-electron chi connectivity index (χ0n) is 17.9. The normalized spacial score (nSPS) is 23.3. The maximum Gasteiger partial charge on any atom is 0.454 e. The maximum atomic E-state index is 11.8. The quantitative estimate of drug-likeness (QED) is 0.489. The van der Waals surface area contributed by atoms with Crippen molar-refractivity contribution in [2.75, 3.05) is 39.3 Å². The lowest BCUT2D eigenvalue weighted by atomic mass is 10.1. The van der Waals surface area contributed by atoms with Gasteiger partial charge in [-0.25, -0.2) is 0 Å². The predicted octanol–water partition coefficient (Wildman–Crippen LogP) is 5.22. The van der Waals surface area contributed by atoms with Crippen LogP contribution < -0.4 is 0 Å². The zero-order valence-corrected chi connectivity index (χ0v) is 17.9. The molecule has 4 nitrogen and oxygen atoms in total.